The van der Waals surface area contributed by atoms with Crippen LogP contribution in [-0.4, -0.2) is 126 Å². The first-order valence-electron chi connectivity index (χ1n) is 9.03. The highest BCUT2D eigenvalue weighted by Gasteiger charge is 2.55. The largest absolute Gasteiger partial charge is 0.477 e. The number of carbonyl (C=O) groups is 1. The third-order valence-corrected chi connectivity index (χ3v) is 5.34. The zero-order valence-corrected chi connectivity index (χ0v) is 15.6. The zero-order valence-electron chi connectivity index (χ0n) is 15.6. The van der Waals surface area contributed by atoms with Gasteiger partial charge < -0.3 is 60.2 Å². The number of aliphatic hydroxyl groups excluding tert-OH is 8. The SMILES string of the molecule is CC1C([C@H](O)[C@H](O)CO)O[C@@](OCC2OC(O)C(O)C(O)C2O)(C(=O)O)C[C@H]1O. The van der Waals surface area contributed by atoms with Crippen LogP contribution in [0.4, 0.5) is 0 Å². The Bertz CT molecular complexity index is 561. The van der Waals surface area contributed by atoms with E-state index in [1.54, 1.807) is 0 Å². The van der Waals surface area contributed by atoms with Crippen molar-refractivity contribution < 1.29 is 65.0 Å². The number of rotatable bonds is 7. The summed E-state index contributed by atoms with van der Waals surface area (Å²) in [5.41, 5.74) is 0. The fourth-order valence-corrected chi connectivity index (χ4v) is 3.34. The molecule has 2 fully saturated rings. The Kier molecular flexibility index (Phi) is 7.92. The predicted octanol–water partition coefficient (Wildman–Crippen LogP) is -4.92. The Morgan fingerprint density at radius 1 is 1.14 bits per heavy atom. The van der Waals surface area contributed by atoms with Crippen LogP contribution in [0.3, 0.4) is 0 Å². The molecular weight excluding hydrogens is 400 g/mol. The minimum atomic E-state index is -2.53. The molecule has 170 valence electrons. The third kappa shape index (κ3) is 4.86. The second-order valence-corrected chi connectivity index (χ2v) is 7.36. The van der Waals surface area contributed by atoms with E-state index in [-0.39, 0.29) is 0 Å². The Morgan fingerprint density at radius 2 is 1.76 bits per heavy atom. The molecule has 2 heterocycles. The van der Waals surface area contributed by atoms with Gasteiger partial charge >= 0.3 is 5.97 Å². The lowest BCUT2D eigenvalue weighted by Crippen LogP contribution is -2.63. The second-order valence-electron chi connectivity index (χ2n) is 7.36. The average molecular weight is 428 g/mol. The molecule has 2 saturated heterocycles. The fourth-order valence-electron chi connectivity index (χ4n) is 3.34. The molecule has 2 rings (SSSR count). The molecule has 9 N–H and O–H groups in total. The van der Waals surface area contributed by atoms with E-state index in [2.05, 4.69) is 0 Å². The maximum atomic E-state index is 11.9. The summed E-state index contributed by atoms with van der Waals surface area (Å²) < 4.78 is 15.6. The van der Waals surface area contributed by atoms with Crippen LogP contribution in [0.25, 0.3) is 0 Å². The van der Waals surface area contributed by atoms with Gasteiger partial charge in [0.25, 0.3) is 5.79 Å². The lowest BCUT2D eigenvalue weighted by atomic mass is 9.84. The maximum absolute atomic E-state index is 11.9. The van der Waals surface area contributed by atoms with Crippen molar-refractivity contribution in [1.29, 1.82) is 0 Å². The van der Waals surface area contributed by atoms with Crippen LogP contribution < -0.4 is 0 Å². The predicted molar refractivity (Wildman–Crippen MR) is 89.0 cm³/mol. The van der Waals surface area contributed by atoms with E-state index < -0.39 is 92.4 Å². The molecule has 0 saturated carbocycles. The monoisotopic (exact) mass is 428 g/mol. The van der Waals surface area contributed by atoms with Crippen LogP contribution in [0.2, 0.25) is 0 Å². The molecule has 0 spiro atoms. The van der Waals surface area contributed by atoms with E-state index in [0.29, 0.717) is 0 Å². The summed E-state index contributed by atoms with van der Waals surface area (Å²) in [7, 11) is 0. The molecule has 0 amide bonds. The van der Waals surface area contributed by atoms with E-state index in [9.17, 15) is 45.6 Å². The summed E-state index contributed by atoms with van der Waals surface area (Å²) in [6, 6.07) is 0. The molecule has 29 heavy (non-hydrogen) atoms. The van der Waals surface area contributed by atoms with Crippen molar-refractivity contribution in [2.45, 2.75) is 74.3 Å². The molecule has 0 bridgehead atoms. The molecule has 2 aliphatic heterocycles. The Morgan fingerprint density at radius 3 is 2.31 bits per heavy atom. The number of hydrogen-bond acceptors (Lipinski definition) is 12. The quantitative estimate of drug-likeness (QED) is 0.185. The van der Waals surface area contributed by atoms with Crippen LogP contribution >= 0.6 is 0 Å². The Hall–Kier alpha value is -0.970. The van der Waals surface area contributed by atoms with Crippen molar-refractivity contribution in [3.63, 3.8) is 0 Å². The normalized spacial score (nSPS) is 45.6. The van der Waals surface area contributed by atoms with Gasteiger partial charge in [-0.3, -0.25) is 0 Å². The molecular formula is C16H28O13. The summed E-state index contributed by atoms with van der Waals surface area (Å²) in [5, 5.41) is 87.4. The van der Waals surface area contributed by atoms with Crippen LogP contribution in [0, 0.1) is 5.92 Å². The topological polar surface area (TPSA) is 227 Å². The molecule has 11 atom stereocenters. The first kappa shape index (κ1) is 24.3. The van der Waals surface area contributed by atoms with Gasteiger partial charge in [0.1, 0.15) is 36.6 Å². The van der Waals surface area contributed by atoms with Crippen molar-refractivity contribution in [2.24, 2.45) is 5.92 Å². The van der Waals surface area contributed by atoms with E-state index in [0.717, 1.165) is 0 Å². The number of carboxylic acid groups (broad SMARTS) is 1. The van der Waals surface area contributed by atoms with E-state index in [4.69, 9.17) is 19.3 Å². The molecule has 0 radical (unpaired) electrons. The molecule has 0 aromatic heterocycles. The second kappa shape index (κ2) is 9.45. The minimum Gasteiger partial charge on any atom is -0.477 e. The number of carboxylic acids is 1. The maximum Gasteiger partial charge on any atom is 0.364 e. The first-order chi connectivity index (χ1) is 13.4. The van der Waals surface area contributed by atoms with Gasteiger partial charge in [0.05, 0.1) is 25.4 Å². The van der Waals surface area contributed by atoms with Gasteiger partial charge in [-0.15, -0.1) is 0 Å². The van der Waals surface area contributed by atoms with Crippen LogP contribution in [0.1, 0.15) is 13.3 Å². The highest BCUT2D eigenvalue weighted by Crippen LogP contribution is 2.37. The lowest BCUT2D eigenvalue weighted by molar-refractivity contribution is -0.338. The van der Waals surface area contributed by atoms with E-state index in [1.165, 1.54) is 6.92 Å². The van der Waals surface area contributed by atoms with Gasteiger partial charge in [-0.05, 0) is 0 Å². The molecule has 7 unspecified atom stereocenters. The fraction of sp³-hybridized carbons (Fsp3) is 0.938. The average Bonchev–Trinajstić information content (AvgIpc) is 2.69. The van der Waals surface area contributed by atoms with Crippen molar-refractivity contribution in [3.05, 3.63) is 0 Å². The zero-order chi connectivity index (χ0) is 22.1. The number of hydrogen-bond donors (Lipinski definition) is 9. The van der Waals surface area contributed by atoms with Gasteiger partial charge in [0.15, 0.2) is 6.29 Å². The number of ether oxygens (including phenoxy) is 3. The Labute approximate surface area is 165 Å². The number of aliphatic hydroxyl groups is 8. The van der Waals surface area contributed by atoms with Gasteiger partial charge in [0, 0.05) is 12.3 Å². The minimum absolute atomic E-state index is 0.585. The van der Waals surface area contributed by atoms with Gasteiger partial charge in [-0.25, -0.2) is 4.79 Å². The van der Waals surface area contributed by atoms with Gasteiger partial charge in [-0.1, -0.05) is 6.92 Å². The molecule has 0 aromatic rings. The van der Waals surface area contributed by atoms with Crippen molar-refractivity contribution >= 4 is 5.97 Å². The van der Waals surface area contributed by atoms with Crippen LogP contribution in [-0.2, 0) is 19.0 Å². The van der Waals surface area contributed by atoms with Gasteiger partial charge in [0.2, 0.25) is 0 Å². The van der Waals surface area contributed by atoms with Crippen molar-refractivity contribution in [3.8, 4) is 0 Å². The summed E-state index contributed by atoms with van der Waals surface area (Å²) in [6.07, 6.45) is -15.4. The molecule has 0 aromatic carbocycles. The van der Waals surface area contributed by atoms with Crippen LogP contribution in [0.15, 0.2) is 0 Å². The lowest BCUT2D eigenvalue weighted by Gasteiger charge is -2.46. The standard InChI is InChI=1S/C16H28O13/c1-5-6(18)2-16(15(25)26,29-13(5)9(20)7(19)3-17)27-4-8-10(21)11(22)12(23)14(24)28-8/h5-14,17-24H,2-4H2,1H3,(H,25,26)/t5?,6-,7-,8?,9-,10?,11?,12?,13?,14?,16-/m1/s1. The van der Waals surface area contributed by atoms with Crippen LogP contribution in [0.5, 0.6) is 0 Å². The van der Waals surface area contributed by atoms with Crippen molar-refractivity contribution in [2.75, 3.05) is 13.2 Å². The molecule has 13 nitrogen and oxygen atoms in total. The summed E-state index contributed by atoms with van der Waals surface area (Å²) in [4.78, 5) is 11.9. The molecule has 2 aliphatic rings. The van der Waals surface area contributed by atoms with E-state index >= 15 is 0 Å². The Balaban J connectivity index is 2.19. The van der Waals surface area contributed by atoms with Gasteiger partial charge in [-0.2, -0.15) is 0 Å². The third-order valence-electron chi connectivity index (χ3n) is 5.34. The molecule has 13 heteroatoms. The van der Waals surface area contributed by atoms with E-state index in [1.807, 2.05) is 0 Å². The molecule has 0 aliphatic carbocycles. The highest BCUT2D eigenvalue weighted by atomic mass is 16.7. The number of aliphatic carboxylic acids is 1. The first-order valence-corrected chi connectivity index (χ1v) is 9.03. The van der Waals surface area contributed by atoms with Crippen molar-refractivity contribution in [1.82, 2.24) is 0 Å². The summed E-state index contributed by atoms with van der Waals surface area (Å²) in [5.74, 6) is -5.05. The smallest absolute Gasteiger partial charge is 0.364 e. The highest BCUT2D eigenvalue weighted by molar-refractivity contribution is 5.76. The summed E-state index contributed by atoms with van der Waals surface area (Å²) >= 11 is 0. The summed E-state index contributed by atoms with van der Waals surface area (Å²) in [6.45, 7) is -0.137.